The van der Waals surface area contributed by atoms with Gasteiger partial charge in [-0.15, -0.1) is 0 Å². The molecule has 0 aromatic carbocycles. The predicted molar refractivity (Wildman–Crippen MR) is 51.9 cm³/mol. The molecule has 0 radical (unpaired) electrons. The first-order valence-corrected chi connectivity index (χ1v) is 5.19. The molecule has 0 spiro atoms. The topological polar surface area (TPSA) is 50.4 Å². The Morgan fingerprint density at radius 1 is 1.62 bits per heavy atom. The average molecular weight is 200 g/mol. The fraction of sp³-hybridized carbons (Fsp3) is 0.444. The third kappa shape index (κ3) is 4.03. The highest BCUT2D eigenvalue weighted by Gasteiger charge is 2.00. The molecule has 1 rings (SSSR count). The van der Waals surface area contributed by atoms with Crippen LogP contribution >= 0.6 is 11.8 Å². The van der Waals surface area contributed by atoms with Gasteiger partial charge in [0, 0.05) is 5.75 Å². The molecule has 3 nitrogen and oxygen atoms in total. The maximum absolute atomic E-state index is 10.2. The first kappa shape index (κ1) is 10.2. The van der Waals surface area contributed by atoms with Crippen molar-refractivity contribution in [3.8, 4) is 0 Å². The van der Waals surface area contributed by atoms with Crippen molar-refractivity contribution in [3.63, 3.8) is 0 Å². The number of carboxylic acids is 1. The summed E-state index contributed by atoms with van der Waals surface area (Å²) in [7, 11) is 0. The number of furan rings is 1. The van der Waals surface area contributed by atoms with E-state index in [4.69, 9.17) is 9.52 Å². The number of rotatable bonds is 5. The second-order valence-corrected chi connectivity index (χ2v) is 3.81. The molecule has 0 unspecified atom stereocenters. The van der Waals surface area contributed by atoms with E-state index in [-0.39, 0.29) is 6.42 Å². The third-order valence-electron chi connectivity index (χ3n) is 1.50. The van der Waals surface area contributed by atoms with Gasteiger partial charge in [-0.25, -0.2) is 0 Å². The van der Waals surface area contributed by atoms with Crippen molar-refractivity contribution in [3.05, 3.63) is 23.7 Å². The zero-order chi connectivity index (χ0) is 9.68. The van der Waals surface area contributed by atoms with E-state index in [0.717, 1.165) is 17.3 Å². The van der Waals surface area contributed by atoms with E-state index in [2.05, 4.69) is 0 Å². The largest absolute Gasteiger partial charge is 0.481 e. The quantitative estimate of drug-likeness (QED) is 0.741. The van der Waals surface area contributed by atoms with Crippen LogP contribution in [0.1, 0.15) is 17.9 Å². The van der Waals surface area contributed by atoms with Crippen molar-refractivity contribution in [2.45, 2.75) is 19.1 Å². The Hall–Kier alpha value is -0.900. The van der Waals surface area contributed by atoms with Crippen molar-refractivity contribution < 1.29 is 14.3 Å². The summed E-state index contributed by atoms with van der Waals surface area (Å²) < 4.78 is 5.32. The van der Waals surface area contributed by atoms with Gasteiger partial charge >= 0.3 is 5.97 Å². The molecule has 0 fully saturated rings. The Kier molecular flexibility index (Phi) is 3.89. The SMILES string of the molecule is Cc1ccc(CSCCC(=O)O)o1. The van der Waals surface area contributed by atoms with Gasteiger partial charge in [0.1, 0.15) is 11.5 Å². The van der Waals surface area contributed by atoms with Crippen LogP contribution in [-0.4, -0.2) is 16.8 Å². The van der Waals surface area contributed by atoms with Crippen LogP contribution in [0.15, 0.2) is 16.5 Å². The van der Waals surface area contributed by atoms with Gasteiger partial charge in [-0.2, -0.15) is 11.8 Å². The molecule has 72 valence electrons. The lowest BCUT2D eigenvalue weighted by molar-refractivity contribution is -0.136. The van der Waals surface area contributed by atoms with Crippen LogP contribution in [0.2, 0.25) is 0 Å². The molecule has 0 bridgehead atoms. The zero-order valence-electron chi connectivity index (χ0n) is 7.45. The van der Waals surface area contributed by atoms with Gasteiger partial charge in [0.15, 0.2) is 0 Å². The van der Waals surface area contributed by atoms with Crippen molar-refractivity contribution in [1.82, 2.24) is 0 Å². The standard InChI is InChI=1S/C9H12O3S/c1-7-2-3-8(12-7)6-13-5-4-9(10)11/h2-3H,4-6H2,1H3,(H,10,11). The number of hydrogen-bond donors (Lipinski definition) is 1. The third-order valence-corrected chi connectivity index (χ3v) is 2.48. The van der Waals surface area contributed by atoms with E-state index in [1.54, 1.807) is 11.8 Å². The molecular formula is C9H12O3S. The van der Waals surface area contributed by atoms with Crippen LogP contribution in [0.25, 0.3) is 0 Å². The van der Waals surface area contributed by atoms with Crippen LogP contribution in [0.5, 0.6) is 0 Å². The summed E-state index contributed by atoms with van der Waals surface area (Å²) in [5.74, 6) is 2.45. The van der Waals surface area contributed by atoms with Gasteiger partial charge in [0.05, 0.1) is 12.2 Å². The number of aliphatic carboxylic acids is 1. The highest BCUT2D eigenvalue weighted by atomic mass is 32.2. The van der Waals surface area contributed by atoms with Crippen LogP contribution in [0.4, 0.5) is 0 Å². The minimum absolute atomic E-state index is 0.213. The maximum Gasteiger partial charge on any atom is 0.304 e. The Morgan fingerprint density at radius 2 is 2.38 bits per heavy atom. The molecule has 1 N–H and O–H groups in total. The minimum Gasteiger partial charge on any atom is -0.481 e. The van der Waals surface area contributed by atoms with Gasteiger partial charge in [-0.3, -0.25) is 4.79 Å². The van der Waals surface area contributed by atoms with E-state index >= 15 is 0 Å². The van der Waals surface area contributed by atoms with Crippen molar-refractivity contribution in [2.75, 3.05) is 5.75 Å². The fourth-order valence-corrected chi connectivity index (χ4v) is 1.71. The van der Waals surface area contributed by atoms with Gasteiger partial charge < -0.3 is 9.52 Å². The van der Waals surface area contributed by atoms with E-state index in [1.807, 2.05) is 19.1 Å². The Bertz CT molecular complexity index is 280. The summed E-state index contributed by atoms with van der Waals surface area (Å²) in [6.07, 6.45) is 0.213. The molecule has 4 heteroatoms. The van der Waals surface area contributed by atoms with E-state index in [0.29, 0.717) is 5.75 Å². The van der Waals surface area contributed by atoms with Crippen molar-refractivity contribution in [2.24, 2.45) is 0 Å². The zero-order valence-corrected chi connectivity index (χ0v) is 8.26. The summed E-state index contributed by atoms with van der Waals surface area (Å²) >= 11 is 1.57. The second-order valence-electron chi connectivity index (χ2n) is 2.71. The van der Waals surface area contributed by atoms with Crippen molar-refractivity contribution in [1.29, 1.82) is 0 Å². The molecule has 1 aromatic rings. The molecule has 13 heavy (non-hydrogen) atoms. The summed E-state index contributed by atoms with van der Waals surface area (Å²) in [6.45, 7) is 1.89. The normalized spacial score (nSPS) is 10.2. The fourth-order valence-electron chi connectivity index (χ4n) is 0.895. The minimum atomic E-state index is -0.747. The summed E-state index contributed by atoms with van der Waals surface area (Å²) in [4.78, 5) is 10.2. The Morgan fingerprint density at radius 3 is 2.92 bits per heavy atom. The lowest BCUT2D eigenvalue weighted by Crippen LogP contribution is -1.95. The van der Waals surface area contributed by atoms with Crippen LogP contribution in [-0.2, 0) is 10.5 Å². The molecule has 0 amide bonds. The van der Waals surface area contributed by atoms with Crippen LogP contribution in [0, 0.1) is 6.92 Å². The summed E-state index contributed by atoms with van der Waals surface area (Å²) in [5, 5.41) is 8.38. The lowest BCUT2D eigenvalue weighted by Gasteiger charge is -1.95. The average Bonchev–Trinajstić information content (AvgIpc) is 2.45. The Labute approximate surface area is 81.1 Å². The van der Waals surface area contributed by atoms with E-state index in [9.17, 15) is 4.79 Å². The van der Waals surface area contributed by atoms with Crippen LogP contribution in [0.3, 0.4) is 0 Å². The number of aryl methyl sites for hydroxylation is 1. The van der Waals surface area contributed by atoms with Gasteiger partial charge in [-0.05, 0) is 19.1 Å². The number of hydrogen-bond acceptors (Lipinski definition) is 3. The molecular weight excluding hydrogens is 188 g/mol. The summed E-state index contributed by atoms with van der Waals surface area (Å²) in [6, 6.07) is 3.83. The predicted octanol–water partition coefficient (Wildman–Crippen LogP) is 2.30. The van der Waals surface area contributed by atoms with Crippen LogP contribution < -0.4 is 0 Å². The molecule has 0 saturated heterocycles. The molecule has 0 aliphatic heterocycles. The van der Waals surface area contributed by atoms with E-state index < -0.39 is 5.97 Å². The molecule has 1 heterocycles. The van der Waals surface area contributed by atoms with Crippen molar-refractivity contribution >= 4 is 17.7 Å². The lowest BCUT2D eigenvalue weighted by atomic mass is 10.5. The molecule has 0 saturated carbocycles. The number of carbonyl (C=O) groups is 1. The van der Waals surface area contributed by atoms with E-state index in [1.165, 1.54) is 0 Å². The van der Waals surface area contributed by atoms with Gasteiger partial charge in [-0.1, -0.05) is 0 Å². The molecule has 0 atom stereocenters. The highest BCUT2D eigenvalue weighted by molar-refractivity contribution is 7.98. The number of carboxylic acid groups (broad SMARTS) is 1. The second kappa shape index (κ2) is 4.97. The molecule has 1 aromatic heterocycles. The van der Waals surface area contributed by atoms with Gasteiger partial charge in [0.2, 0.25) is 0 Å². The highest BCUT2D eigenvalue weighted by Crippen LogP contribution is 2.15. The summed E-state index contributed by atoms with van der Waals surface area (Å²) in [5.41, 5.74) is 0. The first-order chi connectivity index (χ1) is 6.18. The number of thioether (sulfide) groups is 1. The molecule has 0 aliphatic rings. The van der Waals surface area contributed by atoms with Gasteiger partial charge in [0.25, 0.3) is 0 Å². The first-order valence-electron chi connectivity index (χ1n) is 4.03. The molecule has 0 aliphatic carbocycles. The monoisotopic (exact) mass is 200 g/mol. The smallest absolute Gasteiger partial charge is 0.304 e. The maximum atomic E-state index is 10.2. The Balaban J connectivity index is 2.16.